The van der Waals surface area contributed by atoms with Crippen LogP contribution in [0.25, 0.3) is 11.1 Å². The number of nitrogens with zero attached hydrogens (tertiary/aromatic N) is 1. The van der Waals surface area contributed by atoms with Crippen LogP contribution in [0, 0.1) is 0 Å². The molecule has 2 aromatic rings. The van der Waals surface area contributed by atoms with E-state index < -0.39 is 0 Å². The fraction of sp³-hybridized carbons (Fsp3) is 0.214. The van der Waals surface area contributed by atoms with Gasteiger partial charge in [0.1, 0.15) is 5.75 Å². The number of anilines is 1. The fourth-order valence-corrected chi connectivity index (χ4v) is 2.23. The van der Waals surface area contributed by atoms with Gasteiger partial charge in [0.2, 0.25) is 0 Å². The predicted octanol–water partition coefficient (Wildman–Crippen LogP) is 2.66. The number of hydrogen-bond acceptors (Lipinski definition) is 3. The highest BCUT2D eigenvalue weighted by molar-refractivity contribution is 5.80. The average molecular weight is 226 g/mol. The minimum Gasteiger partial charge on any atom is -0.493 e. The Labute approximate surface area is 100 Å². The lowest BCUT2D eigenvalue weighted by molar-refractivity contribution is 0.289. The Morgan fingerprint density at radius 1 is 1.18 bits per heavy atom. The second kappa shape index (κ2) is 4.09. The van der Waals surface area contributed by atoms with Crippen molar-refractivity contribution in [2.24, 2.45) is 0 Å². The van der Waals surface area contributed by atoms with Crippen LogP contribution in [-0.2, 0) is 6.42 Å². The van der Waals surface area contributed by atoms with E-state index in [-0.39, 0.29) is 0 Å². The lowest BCUT2D eigenvalue weighted by Gasteiger charge is -2.20. The van der Waals surface area contributed by atoms with Crippen molar-refractivity contribution < 1.29 is 4.74 Å². The van der Waals surface area contributed by atoms with E-state index in [9.17, 15) is 0 Å². The number of rotatable bonds is 1. The number of benzene rings is 1. The van der Waals surface area contributed by atoms with Crippen molar-refractivity contribution in [1.82, 2.24) is 4.98 Å². The number of pyridine rings is 1. The van der Waals surface area contributed by atoms with E-state index in [0.29, 0.717) is 0 Å². The molecule has 2 N–H and O–H groups in total. The minimum absolute atomic E-state index is 0.738. The third kappa shape index (κ3) is 1.73. The van der Waals surface area contributed by atoms with Crippen LogP contribution in [-0.4, -0.2) is 11.6 Å². The summed E-state index contributed by atoms with van der Waals surface area (Å²) in [5, 5.41) is 0. The molecular formula is C14H14N2O. The number of hydrogen-bond donors (Lipinski definition) is 1. The number of ether oxygens (including phenoxy) is 1. The lowest BCUT2D eigenvalue weighted by Crippen LogP contribution is -2.09. The largest absolute Gasteiger partial charge is 0.493 e. The second-order valence-corrected chi connectivity index (χ2v) is 4.21. The first kappa shape index (κ1) is 10.1. The highest BCUT2D eigenvalue weighted by atomic mass is 16.5. The van der Waals surface area contributed by atoms with Crippen LogP contribution < -0.4 is 10.5 Å². The van der Waals surface area contributed by atoms with Gasteiger partial charge >= 0.3 is 0 Å². The van der Waals surface area contributed by atoms with Crippen LogP contribution in [0.2, 0.25) is 0 Å². The summed E-state index contributed by atoms with van der Waals surface area (Å²) in [6.07, 6.45) is 5.65. The number of aromatic nitrogens is 1. The molecule has 0 spiro atoms. The Bertz CT molecular complexity index is 552. The highest BCUT2D eigenvalue weighted by Gasteiger charge is 2.16. The maximum Gasteiger partial charge on any atom is 0.130 e. The molecule has 1 aromatic carbocycles. The number of nitrogen functional groups attached to an aromatic ring is 1. The monoisotopic (exact) mass is 226 g/mol. The van der Waals surface area contributed by atoms with E-state index in [4.69, 9.17) is 10.5 Å². The first-order valence-electron chi connectivity index (χ1n) is 5.81. The van der Waals surface area contributed by atoms with Gasteiger partial charge in [-0.15, -0.1) is 0 Å². The van der Waals surface area contributed by atoms with Gasteiger partial charge in [0.05, 0.1) is 6.61 Å². The molecular weight excluding hydrogens is 212 g/mol. The van der Waals surface area contributed by atoms with Crippen molar-refractivity contribution in [3.05, 3.63) is 42.2 Å². The summed E-state index contributed by atoms with van der Waals surface area (Å²) < 4.78 is 5.78. The van der Waals surface area contributed by atoms with Crippen LogP contribution in [0.3, 0.4) is 0 Å². The summed E-state index contributed by atoms with van der Waals surface area (Å²) in [4.78, 5) is 4.14. The summed E-state index contributed by atoms with van der Waals surface area (Å²) >= 11 is 0. The van der Waals surface area contributed by atoms with E-state index in [2.05, 4.69) is 17.1 Å². The van der Waals surface area contributed by atoms with Crippen molar-refractivity contribution in [2.45, 2.75) is 12.8 Å². The molecule has 86 valence electrons. The molecule has 0 atom stereocenters. The number of nitrogens with two attached hydrogens (primary N) is 1. The molecule has 0 aliphatic carbocycles. The maximum atomic E-state index is 5.99. The molecule has 0 unspecified atom stereocenters. The zero-order valence-electron chi connectivity index (χ0n) is 9.52. The number of aryl methyl sites for hydroxylation is 1. The number of fused-ring (bicyclic) bond motifs is 1. The zero-order valence-corrected chi connectivity index (χ0v) is 9.52. The molecule has 3 nitrogen and oxygen atoms in total. The molecule has 3 rings (SSSR count). The summed E-state index contributed by atoms with van der Waals surface area (Å²) in [6, 6.07) is 8.02. The first-order valence-corrected chi connectivity index (χ1v) is 5.81. The van der Waals surface area contributed by atoms with Gasteiger partial charge in [0.15, 0.2) is 0 Å². The summed E-state index contributed by atoms with van der Waals surface area (Å²) in [6.45, 7) is 0.782. The molecule has 0 bridgehead atoms. The Balaban J connectivity index is 2.18. The molecule has 2 heterocycles. The van der Waals surface area contributed by atoms with Crippen molar-refractivity contribution in [3.63, 3.8) is 0 Å². The predicted molar refractivity (Wildman–Crippen MR) is 67.9 cm³/mol. The van der Waals surface area contributed by atoms with Crippen LogP contribution in [0.15, 0.2) is 36.7 Å². The summed E-state index contributed by atoms with van der Waals surface area (Å²) in [7, 11) is 0. The van der Waals surface area contributed by atoms with Gasteiger partial charge in [-0.3, -0.25) is 4.98 Å². The molecule has 0 saturated carbocycles. The fourth-order valence-electron chi connectivity index (χ4n) is 2.23. The Kier molecular flexibility index (Phi) is 2.44. The van der Waals surface area contributed by atoms with E-state index in [1.807, 2.05) is 12.1 Å². The van der Waals surface area contributed by atoms with Crippen LogP contribution in [0.4, 0.5) is 5.69 Å². The topological polar surface area (TPSA) is 48.1 Å². The van der Waals surface area contributed by atoms with E-state index >= 15 is 0 Å². The average Bonchev–Trinajstić information content (AvgIpc) is 2.39. The normalized spacial score (nSPS) is 13.9. The van der Waals surface area contributed by atoms with Gasteiger partial charge in [-0.1, -0.05) is 18.2 Å². The first-order chi connectivity index (χ1) is 8.36. The quantitative estimate of drug-likeness (QED) is 0.813. The summed E-state index contributed by atoms with van der Waals surface area (Å²) in [5.74, 6) is 0.971. The van der Waals surface area contributed by atoms with Crippen molar-refractivity contribution in [2.75, 3.05) is 12.3 Å². The van der Waals surface area contributed by atoms with Gasteiger partial charge in [-0.25, -0.2) is 0 Å². The van der Waals surface area contributed by atoms with Crippen LogP contribution in [0.5, 0.6) is 5.75 Å². The lowest BCUT2D eigenvalue weighted by atomic mass is 9.98. The van der Waals surface area contributed by atoms with E-state index in [1.54, 1.807) is 12.4 Å². The summed E-state index contributed by atoms with van der Waals surface area (Å²) in [5.41, 5.74) is 9.99. The van der Waals surface area contributed by atoms with E-state index in [1.165, 1.54) is 5.56 Å². The van der Waals surface area contributed by atoms with Crippen molar-refractivity contribution >= 4 is 5.69 Å². The highest BCUT2D eigenvalue weighted by Crippen LogP contribution is 2.37. The third-order valence-electron chi connectivity index (χ3n) is 3.08. The maximum absolute atomic E-state index is 5.99. The molecule has 1 aliphatic heterocycles. The van der Waals surface area contributed by atoms with Gasteiger partial charge in [0, 0.05) is 29.2 Å². The Hall–Kier alpha value is -2.03. The molecule has 0 fully saturated rings. The Morgan fingerprint density at radius 3 is 3.00 bits per heavy atom. The second-order valence-electron chi connectivity index (χ2n) is 4.21. The van der Waals surface area contributed by atoms with Gasteiger partial charge in [-0.05, 0) is 24.5 Å². The molecule has 0 saturated heterocycles. The molecule has 17 heavy (non-hydrogen) atoms. The SMILES string of the molecule is Nc1ccncc1-c1cccc2c1OCCC2. The van der Waals surface area contributed by atoms with Crippen LogP contribution in [0.1, 0.15) is 12.0 Å². The minimum atomic E-state index is 0.738. The molecule has 1 aliphatic rings. The van der Waals surface area contributed by atoms with E-state index in [0.717, 1.165) is 42.0 Å². The Morgan fingerprint density at radius 2 is 2.12 bits per heavy atom. The smallest absolute Gasteiger partial charge is 0.130 e. The zero-order chi connectivity index (χ0) is 11.7. The standard InChI is InChI=1S/C14H14N2O/c15-13-6-7-16-9-12(13)11-5-1-3-10-4-2-8-17-14(10)11/h1,3,5-7,9H,2,4,8H2,(H2,15,16). The molecule has 3 heteroatoms. The van der Waals surface area contributed by atoms with Crippen molar-refractivity contribution in [1.29, 1.82) is 0 Å². The third-order valence-corrected chi connectivity index (χ3v) is 3.08. The van der Waals surface area contributed by atoms with Crippen LogP contribution >= 0.6 is 0 Å². The van der Waals surface area contributed by atoms with Crippen molar-refractivity contribution in [3.8, 4) is 16.9 Å². The van der Waals surface area contributed by atoms with Gasteiger partial charge in [0.25, 0.3) is 0 Å². The molecule has 0 radical (unpaired) electrons. The molecule has 0 amide bonds. The van der Waals surface area contributed by atoms with Gasteiger partial charge in [-0.2, -0.15) is 0 Å². The molecule has 1 aromatic heterocycles. The van der Waals surface area contributed by atoms with Gasteiger partial charge < -0.3 is 10.5 Å². The number of para-hydroxylation sites is 1.